The summed E-state index contributed by atoms with van der Waals surface area (Å²) in [5.41, 5.74) is -0.431. The quantitative estimate of drug-likeness (QED) is 0.704. The summed E-state index contributed by atoms with van der Waals surface area (Å²) in [4.78, 5) is 0. The van der Waals surface area contributed by atoms with Gasteiger partial charge in [0.1, 0.15) is 5.54 Å². The number of methoxy groups -OCH3 is 1. The number of rotatable bonds is 9. The highest BCUT2D eigenvalue weighted by atomic mass is 16.5. The third-order valence-electron chi connectivity index (χ3n) is 3.21. The Morgan fingerprint density at radius 2 is 1.95 bits per heavy atom. The normalized spacial score (nSPS) is 13.3. The Morgan fingerprint density at radius 3 is 2.55 bits per heavy atom. The number of hydrogen-bond acceptors (Lipinski definition) is 4. The van der Waals surface area contributed by atoms with Gasteiger partial charge in [-0.3, -0.25) is 5.32 Å². The minimum absolute atomic E-state index is 0.431. The van der Waals surface area contributed by atoms with Gasteiger partial charge in [-0.2, -0.15) is 5.26 Å². The van der Waals surface area contributed by atoms with Crippen molar-refractivity contribution in [2.24, 2.45) is 0 Å². The van der Waals surface area contributed by atoms with E-state index in [9.17, 15) is 0 Å². The van der Waals surface area contributed by atoms with Crippen LogP contribution in [0.3, 0.4) is 0 Å². The fourth-order valence-corrected chi connectivity index (χ4v) is 2.07. The summed E-state index contributed by atoms with van der Waals surface area (Å²) in [6.07, 6.45) is 2.69. The van der Waals surface area contributed by atoms with Crippen molar-refractivity contribution in [1.29, 1.82) is 5.26 Å². The number of ether oxygens (including phenoxy) is 2. The van der Waals surface area contributed by atoms with Crippen LogP contribution in [0.15, 0.2) is 24.3 Å². The molecule has 1 rings (SSSR count). The van der Waals surface area contributed by atoms with E-state index in [2.05, 4.69) is 11.4 Å². The highest BCUT2D eigenvalue weighted by Gasteiger charge is 2.21. The van der Waals surface area contributed by atoms with E-state index < -0.39 is 5.54 Å². The molecule has 0 heterocycles. The molecule has 110 valence electrons. The number of nitrogens with one attached hydrogen (secondary N) is 1. The lowest BCUT2D eigenvalue weighted by molar-refractivity contribution is 0.279. The van der Waals surface area contributed by atoms with Gasteiger partial charge in [0.2, 0.25) is 0 Å². The molecule has 20 heavy (non-hydrogen) atoms. The van der Waals surface area contributed by atoms with Crippen molar-refractivity contribution in [3.05, 3.63) is 24.3 Å². The second kappa shape index (κ2) is 8.44. The molecule has 0 fully saturated rings. The zero-order chi connectivity index (χ0) is 14.8. The zero-order valence-corrected chi connectivity index (χ0v) is 12.6. The van der Waals surface area contributed by atoms with Crippen LogP contribution >= 0.6 is 0 Å². The van der Waals surface area contributed by atoms with Gasteiger partial charge in [0.25, 0.3) is 0 Å². The van der Waals surface area contributed by atoms with Crippen molar-refractivity contribution in [3.63, 3.8) is 0 Å². The summed E-state index contributed by atoms with van der Waals surface area (Å²) < 4.78 is 10.9. The second-order valence-corrected chi connectivity index (χ2v) is 4.93. The first-order valence-corrected chi connectivity index (χ1v) is 7.07. The van der Waals surface area contributed by atoms with Crippen LogP contribution in [0.2, 0.25) is 0 Å². The van der Waals surface area contributed by atoms with Crippen molar-refractivity contribution < 1.29 is 9.47 Å². The molecule has 1 aromatic carbocycles. The molecule has 0 amide bonds. The Kier molecular flexibility index (Phi) is 6.89. The molecule has 1 atom stereocenters. The summed E-state index contributed by atoms with van der Waals surface area (Å²) >= 11 is 0. The summed E-state index contributed by atoms with van der Waals surface area (Å²) in [6.45, 7) is 5.40. The molecule has 4 heteroatoms. The molecule has 0 radical (unpaired) electrons. The molecule has 0 aliphatic heterocycles. The van der Waals surface area contributed by atoms with Crippen molar-refractivity contribution >= 4 is 0 Å². The first-order valence-electron chi connectivity index (χ1n) is 7.07. The molecule has 0 aliphatic carbocycles. The molecule has 0 spiro atoms. The number of benzene rings is 1. The molecule has 1 N–H and O–H groups in total. The maximum absolute atomic E-state index is 9.16. The van der Waals surface area contributed by atoms with Crippen LogP contribution in [-0.4, -0.2) is 25.8 Å². The molecule has 0 aromatic heterocycles. The van der Waals surface area contributed by atoms with Crippen LogP contribution in [0.5, 0.6) is 11.5 Å². The maximum atomic E-state index is 9.16. The number of hydrogen-bond donors (Lipinski definition) is 1. The SMILES string of the molecule is CCNC(C)(C#N)CCCCOc1ccccc1OC. The largest absolute Gasteiger partial charge is 0.493 e. The summed E-state index contributed by atoms with van der Waals surface area (Å²) in [6, 6.07) is 9.96. The van der Waals surface area contributed by atoms with E-state index in [1.54, 1.807) is 7.11 Å². The van der Waals surface area contributed by atoms with Crippen molar-refractivity contribution in [1.82, 2.24) is 5.32 Å². The van der Waals surface area contributed by atoms with Gasteiger partial charge in [0.05, 0.1) is 19.8 Å². The van der Waals surface area contributed by atoms with Gasteiger partial charge in [0, 0.05) is 0 Å². The number of nitrogens with zero attached hydrogens (tertiary/aromatic N) is 1. The van der Waals surface area contributed by atoms with Crippen LogP contribution in [0.4, 0.5) is 0 Å². The minimum Gasteiger partial charge on any atom is -0.493 e. The maximum Gasteiger partial charge on any atom is 0.161 e. The Bertz CT molecular complexity index is 442. The molecular weight excluding hydrogens is 252 g/mol. The first kappa shape index (κ1) is 16.3. The lowest BCUT2D eigenvalue weighted by Crippen LogP contribution is -2.40. The Hall–Kier alpha value is -1.73. The average Bonchev–Trinajstić information content (AvgIpc) is 2.47. The predicted octanol–water partition coefficient (Wildman–Crippen LogP) is 3.14. The van der Waals surface area contributed by atoms with Gasteiger partial charge < -0.3 is 9.47 Å². The third-order valence-corrected chi connectivity index (χ3v) is 3.21. The molecule has 1 aromatic rings. The Morgan fingerprint density at radius 1 is 1.25 bits per heavy atom. The molecule has 0 bridgehead atoms. The van der Waals surface area contributed by atoms with E-state index >= 15 is 0 Å². The van der Waals surface area contributed by atoms with E-state index in [0.29, 0.717) is 6.61 Å². The highest BCUT2D eigenvalue weighted by molar-refractivity contribution is 5.39. The van der Waals surface area contributed by atoms with Gasteiger partial charge in [-0.1, -0.05) is 19.1 Å². The van der Waals surface area contributed by atoms with E-state index in [1.165, 1.54) is 0 Å². The standard InChI is InChI=1S/C16H24N2O2/c1-4-18-16(2,13-17)11-7-8-12-20-15-10-6-5-9-14(15)19-3/h5-6,9-10,18H,4,7-8,11-12H2,1-3H3. The highest BCUT2D eigenvalue weighted by Crippen LogP contribution is 2.26. The second-order valence-electron chi connectivity index (χ2n) is 4.93. The van der Waals surface area contributed by atoms with Gasteiger partial charge in [-0.05, 0) is 44.9 Å². The van der Waals surface area contributed by atoms with E-state index in [1.807, 2.05) is 38.1 Å². The van der Waals surface area contributed by atoms with E-state index in [4.69, 9.17) is 14.7 Å². The monoisotopic (exact) mass is 276 g/mol. The fraction of sp³-hybridized carbons (Fsp3) is 0.562. The van der Waals surface area contributed by atoms with Crippen molar-refractivity contribution in [3.8, 4) is 17.6 Å². The number of unbranched alkanes of at least 4 members (excludes halogenated alkanes) is 1. The van der Waals surface area contributed by atoms with Gasteiger partial charge in [0.15, 0.2) is 11.5 Å². The molecule has 0 saturated carbocycles. The topological polar surface area (TPSA) is 54.3 Å². The van der Waals surface area contributed by atoms with E-state index in [-0.39, 0.29) is 0 Å². The van der Waals surface area contributed by atoms with Crippen LogP contribution in [-0.2, 0) is 0 Å². The van der Waals surface area contributed by atoms with Crippen LogP contribution in [0, 0.1) is 11.3 Å². The predicted molar refractivity (Wildman–Crippen MR) is 80.0 cm³/mol. The van der Waals surface area contributed by atoms with E-state index in [0.717, 1.165) is 37.3 Å². The van der Waals surface area contributed by atoms with Crippen LogP contribution < -0.4 is 14.8 Å². The lowest BCUT2D eigenvalue weighted by atomic mass is 9.97. The summed E-state index contributed by atoms with van der Waals surface area (Å²) in [7, 11) is 1.64. The minimum atomic E-state index is -0.431. The van der Waals surface area contributed by atoms with Crippen LogP contribution in [0.1, 0.15) is 33.1 Å². The van der Waals surface area contributed by atoms with Crippen molar-refractivity contribution in [2.75, 3.05) is 20.3 Å². The van der Waals surface area contributed by atoms with Gasteiger partial charge >= 0.3 is 0 Å². The Labute approximate surface area is 121 Å². The zero-order valence-electron chi connectivity index (χ0n) is 12.6. The molecule has 0 aliphatic rings. The third kappa shape index (κ3) is 5.10. The fourth-order valence-electron chi connectivity index (χ4n) is 2.07. The summed E-state index contributed by atoms with van der Waals surface area (Å²) in [5, 5.41) is 12.4. The molecule has 0 saturated heterocycles. The Balaban J connectivity index is 2.30. The van der Waals surface area contributed by atoms with Crippen molar-refractivity contribution in [2.45, 2.75) is 38.6 Å². The smallest absolute Gasteiger partial charge is 0.161 e. The number of nitriles is 1. The van der Waals surface area contributed by atoms with Crippen LogP contribution in [0.25, 0.3) is 0 Å². The lowest BCUT2D eigenvalue weighted by Gasteiger charge is -2.22. The molecule has 1 unspecified atom stereocenters. The first-order chi connectivity index (χ1) is 9.65. The summed E-state index contributed by atoms with van der Waals surface area (Å²) in [5.74, 6) is 1.52. The van der Waals surface area contributed by atoms with Gasteiger partial charge in [-0.25, -0.2) is 0 Å². The molecule has 4 nitrogen and oxygen atoms in total. The van der Waals surface area contributed by atoms with Gasteiger partial charge in [-0.15, -0.1) is 0 Å². The molecular formula is C16H24N2O2. The number of para-hydroxylation sites is 2. The average molecular weight is 276 g/mol.